The minimum absolute atomic E-state index is 0.0803. The minimum Gasteiger partial charge on any atom is -0.385 e. The number of nitrogens with zero attached hydrogens (tertiary/aromatic N) is 2. The first-order valence-corrected chi connectivity index (χ1v) is 10.0. The number of aliphatic hydroxyl groups is 1. The van der Waals surface area contributed by atoms with Crippen molar-refractivity contribution >= 4 is 16.8 Å². The number of hydrogen-bond donors (Lipinski definition) is 2. The Morgan fingerprint density at radius 2 is 1.88 bits per heavy atom. The van der Waals surface area contributed by atoms with Crippen molar-refractivity contribution < 1.29 is 14.8 Å². The highest BCUT2D eigenvalue weighted by molar-refractivity contribution is 6.02. The fourth-order valence-corrected chi connectivity index (χ4v) is 4.67. The molecule has 2 aliphatic rings. The number of fused-ring (bicyclic) bond motifs is 3. The molecule has 1 atom stereocenters. The van der Waals surface area contributed by atoms with Crippen molar-refractivity contribution in [1.82, 2.24) is 9.47 Å². The van der Waals surface area contributed by atoms with Gasteiger partial charge < -0.3 is 19.5 Å². The van der Waals surface area contributed by atoms with Crippen LogP contribution in [0.3, 0.4) is 0 Å². The van der Waals surface area contributed by atoms with E-state index in [-0.39, 0.29) is 5.91 Å². The first-order chi connectivity index (χ1) is 12.6. The highest BCUT2D eigenvalue weighted by Gasteiger charge is 2.30. The summed E-state index contributed by atoms with van der Waals surface area (Å²) in [5.74, 6) is 0.0803. The summed E-state index contributed by atoms with van der Waals surface area (Å²) in [4.78, 5) is 16.1. The highest BCUT2D eigenvalue weighted by Crippen LogP contribution is 2.30. The number of carbonyl (C=O) groups is 1. The molecule has 1 aromatic carbocycles. The van der Waals surface area contributed by atoms with Gasteiger partial charge in [0.15, 0.2) is 0 Å². The molecule has 140 valence electrons. The average molecular weight is 356 g/mol. The smallest absolute Gasteiger partial charge is 0.270 e. The summed E-state index contributed by atoms with van der Waals surface area (Å²) in [6, 6.07) is 8.24. The molecular weight excluding hydrogens is 326 g/mol. The summed E-state index contributed by atoms with van der Waals surface area (Å²) >= 11 is 0. The summed E-state index contributed by atoms with van der Waals surface area (Å²) < 4.78 is 2.07. The van der Waals surface area contributed by atoms with Crippen LogP contribution in [0.4, 0.5) is 0 Å². The zero-order valence-electron chi connectivity index (χ0n) is 15.7. The van der Waals surface area contributed by atoms with Crippen molar-refractivity contribution in [3.63, 3.8) is 0 Å². The summed E-state index contributed by atoms with van der Waals surface area (Å²) in [6.45, 7) is 4.34. The fraction of sp³-hybridized carbons (Fsp3) is 0.571. The third kappa shape index (κ3) is 3.26. The Bertz CT molecular complexity index is 790. The maximum Gasteiger partial charge on any atom is 0.270 e. The Kier molecular flexibility index (Phi) is 5.00. The van der Waals surface area contributed by atoms with Gasteiger partial charge in [0, 0.05) is 24.5 Å². The second-order valence-corrected chi connectivity index (χ2v) is 7.95. The van der Waals surface area contributed by atoms with Crippen molar-refractivity contribution in [1.29, 1.82) is 0 Å². The topological polar surface area (TPSA) is 49.9 Å². The number of nitrogens with one attached hydrogen (secondary N) is 1. The largest absolute Gasteiger partial charge is 0.385 e. The molecule has 0 bridgehead atoms. The molecule has 0 aliphatic carbocycles. The zero-order chi connectivity index (χ0) is 18.1. The molecule has 2 aliphatic heterocycles. The molecule has 4 rings (SSSR count). The molecule has 3 heterocycles. The lowest BCUT2D eigenvalue weighted by molar-refractivity contribution is -0.902. The number of rotatable bonds is 4. The van der Waals surface area contributed by atoms with Gasteiger partial charge in [0.1, 0.15) is 18.3 Å². The molecule has 1 unspecified atom stereocenters. The lowest BCUT2D eigenvalue weighted by Crippen LogP contribution is -3.13. The number of likely N-dealkylation sites (N-methyl/N-ethyl adjacent to an activating group) is 1. The van der Waals surface area contributed by atoms with E-state index in [0.717, 1.165) is 49.4 Å². The minimum atomic E-state index is -0.428. The Balaban J connectivity index is 1.62. The van der Waals surface area contributed by atoms with Crippen LogP contribution in [0.2, 0.25) is 0 Å². The van der Waals surface area contributed by atoms with Crippen molar-refractivity contribution in [3.05, 3.63) is 35.5 Å². The Morgan fingerprint density at radius 1 is 1.15 bits per heavy atom. The Labute approximate surface area is 155 Å². The van der Waals surface area contributed by atoms with Gasteiger partial charge in [-0.3, -0.25) is 4.79 Å². The molecule has 2 aromatic rings. The van der Waals surface area contributed by atoms with Crippen LogP contribution < -0.4 is 4.90 Å². The second-order valence-electron chi connectivity index (χ2n) is 7.95. The van der Waals surface area contributed by atoms with E-state index in [1.165, 1.54) is 36.0 Å². The van der Waals surface area contributed by atoms with Crippen LogP contribution in [-0.2, 0) is 13.0 Å². The molecule has 1 amide bonds. The van der Waals surface area contributed by atoms with E-state index < -0.39 is 6.10 Å². The standard InChI is InChI=1S/C21H29N3O2/c1-22-13-10-18-17-8-4-5-9-19(17)24(20(18)21(22)26)15-16(25)14-23-11-6-2-3-7-12-23/h4-5,8-9,16,25H,2-3,6-7,10-15H2,1H3/p+1. The van der Waals surface area contributed by atoms with Gasteiger partial charge in [0.05, 0.1) is 19.6 Å². The van der Waals surface area contributed by atoms with E-state index in [9.17, 15) is 9.90 Å². The lowest BCUT2D eigenvalue weighted by atomic mass is 10.0. The van der Waals surface area contributed by atoms with Gasteiger partial charge in [-0.25, -0.2) is 0 Å². The predicted molar refractivity (Wildman–Crippen MR) is 103 cm³/mol. The summed E-state index contributed by atoms with van der Waals surface area (Å²) in [5.41, 5.74) is 3.01. The van der Waals surface area contributed by atoms with Crippen LogP contribution in [0.15, 0.2) is 24.3 Å². The highest BCUT2D eigenvalue weighted by atomic mass is 16.3. The van der Waals surface area contributed by atoms with E-state index in [4.69, 9.17) is 0 Å². The first-order valence-electron chi connectivity index (χ1n) is 10.0. The van der Waals surface area contributed by atoms with Crippen LogP contribution in [0, 0.1) is 0 Å². The van der Waals surface area contributed by atoms with Gasteiger partial charge in [-0.05, 0) is 43.7 Å². The van der Waals surface area contributed by atoms with Gasteiger partial charge in [0.25, 0.3) is 5.91 Å². The van der Waals surface area contributed by atoms with Crippen LogP contribution in [0.5, 0.6) is 0 Å². The van der Waals surface area contributed by atoms with E-state index in [0.29, 0.717) is 6.54 Å². The molecule has 26 heavy (non-hydrogen) atoms. The number of carbonyl (C=O) groups excluding carboxylic acids is 1. The summed E-state index contributed by atoms with van der Waals surface area (Å²) in [7, 11) is 1.87. The molecule has 5 heteroatoms. The lowest BCUT2D eigenvalue weighted by Gasteiger charge is -2.26. The van der Waals surface area contributed by atoms with E-state index in [1.54, 1.807) is 4.90 Å². The number of likely N-dealkylation sites (tertiary alicyclic amines) is 1. The van der Waals surface area contributed by atoms with Crippen LogP contribution in [0.25, 0.3) is 10.9 Å². The average Bonchev–Trinajstić information content (AvgIpc) is 2.78. The maximum absolute atomic E-state index is 12.8. The third-order valence-corrected chi connectivity index (χ3v) is 6.05. The Morgan fingerprint density at radius 3 is 2.65 bits per heavy atom. The van der Waals surface area contributed by atoms with Gasteiger partial charge >= 0.3 is 0 Å². The van der Waals surface area contributed by atoms with Crippen molar-refractivity contribution in [3.8, 4) is 0 Å². The second kappa shape index (κ2) is 7.41. The summed E-state index contributed by atoms with van der Waals surface area (Å²) in [5, 5.41) is 12.0. The van der Waals surface area contributed by atoms with E-state index in [2.05, 4.69) is 16.7 Å². The van der Waals surface area contributed by atoms with Crippen LogP contribution >= 0.6 is 0 Å². The molecule has 0 spiro atoms. The molecule has 0 radical (unpaired) electrons. The van der Waals surface area contributed by atoms with Gasteiger partial charge in [0.2, 0.25) is 0 Å². The van der Waals surface area contributed by atoms with Crippen LogP contribution in [-0.4, -0.2) is 59.8 Å². The predicted octanol–water partition coefficient (Wildman–Crippen LogP) is 1.09. The molecule has 1 aromatic heterocycles. The van der Waals surface area contributed by atoms with Crippen molar-refractivity contribution in [2.45, 2.75) is 44.8 Å². The van der Waals surface area contributed by atoms with Gasteiger partial charge in [-0.15, -0.1) is 0 Å². The van der Waals surface area contributed by atoms with E-state index >= 15 is 0 Å². The van der Waals surface area contributed by atoms with Crippen molar-refractivity contribution in [2.75, 3.05) is 33.2 Å². The van der Waals surface area contributed by atoms with Gasteiger partial charge in [-0.1, -0.05) is 18.2 Å². The van der Waals surface area contributed by atoms with Crippen molar-refractivity contribution in [2.24, 2.45) is 0 Å². The number of aliphatic hydroxyl groups excluding tert-OH is 1. The third-order valence-electron chi connectivity index (χ3n) is 6.05. The zero-order valence-corrected chi connectivity index (χ0v) is 15.7. The molecule has 2 N–H and O–H groups in total. The monoisotopic (exact) mass is 356 g/mol. The SMILES string of the molecule is CN1CCc2c(n(CC(O)C[NH+]3CCCCCC3)c3ccccc23)C1=O. The number of amides is 1. The molecular formula is C21H30N3O2+. The maximum atomic E-state index is 12.8. The van der Waals surface area contributed by atoms with E-state index in [1.807, 2.05) is 19.2 Å². The number of benzene rings is 1. The number of aromatic nitrogens is 1. The molecule has 1 saturated heterocycles. The number of hydrogen-bond acceptors (Lipinski definition) is 2. The molecule has 1 fully saturated rings. The van der Waals surface area contributed by atoms with Gasteiger partial charge in [-0.2, -0.15) is 0 Å². The fourth-order valence-electron chi connectivity index (χ4n) is 4.67. The number of para-hydroxylation sites is 1. The number of quaternary nitrogens is 1. The Hall–Kier alpha value is -1.85. The normalized spacial score (nSPS) is 20.2. The molecule has 5 nitrogen and oxygen atoms in total. The molecule has 0 saturated carbocycles. The summed E-state index contributed by atoms with van der Waals surface area (Å²) in [6.07, 6.45) is 5.61. The first kappa shape index (κ1) is 17.6. The van der Waals surface area contributed by atoms with Crippen LogP contribution in [0.1, 0.15) is 41.7 Å². The quantitative estimate of drug-likeness (QED) is 0.862.